The molecule has 0 unspecified atom stereocenters. The largest absolute Gasteiger partial charge is 0.302 e. The molecule has 3 heterocycles. The van der Waals surface area contributed by atoms with E-state index in [9.17, 15) is 0 Å². The van der Waals surface area contributed by atoms with Crippen molar-refractivity contribution in [3.63, 3.8) is 0 Å². The fourth-order valence-corrected chi connectivity index (χ4v) is 2.23. The van der Waals surface area contributed by atoms with E-state index in [1.807, 2.05) is 22.6 Å². The summed E-state index contributed by atoms with van der Waals surface area (Å²) in [6.45, 7) is 0. The summed E-state index contributed by atoms with van der Waals surface area (Å²) >= 11 is 0. The van der Waals surface area contributed by atoms with Crippen LogP contribution in [-0.2, 0) is 0 Å². The molecule has 0 aliphatic rings. The van der Waals surface area contributed by atoms with Gasteiger partial charge in [-0.1, -0.05) is 12.1 Å². The molecular formula is C12H8N4. The highest BCUT2D eigenvalue weighted by atomic mass is 15.2. The molecule has 0 N–H and O–H groups in total. The molecule has 4 nitrogen and oxygen atoms in total. The van der Waals surface area contributed by atoms with Crippen LogP contribution in [0.5, 0.6) is 0 Å². The Morgan fingerprint density at radius 3 is 2.88 bits per heavy atom. The number of hydrogen-bond donors (Lipinski definition) is 0. The summed E-state index contributed by atoms with van der Waals surface area (Å²) < 4.78 is 4.15. The van der Waals surface area contributed by atoms with Crippen LogP contribution in [0.2, 0.25) is 0 Å². The molecule has 3 aromatic heterocycles. The lowest BCUT2D eigenvalue weighted by Gasteiger charge is -2.05. The highest BCUT2D eigenvalue weighted by Crippen LogP contribution is 2.21. The monoisotopic (exact) mass is 208 g/mol. The van der Waals surface area contributed by atoms with Crippen molar-refractivity contribution >= 4 is 22.2 Å². The fourth-order valence-electron chi connectivity index (χ4n) is 2.23. The first-order valence-corrected chi connectivity index (χ1v) is 5.13. The summed E-state index contributed by atoms with van der Waals surface area (Å²) in [6, 6.07) is 12.3. The Morgan fingerprint density at radius 1 is 0.938 bits per heavy atom. The van der Waals surface area contributed by atoms with Gasteiger partial charge in [-0.2, -0.15) is 0 Å². The minimum Gasteiger partial charge on any atom is -0.302 e. The second-order valence-corrected chi connectivity index (χ2v) is 3.78. The summed E-state index contributed by atoms with van der Waals surface area (Å²) in [5, 5.41) is 9.27. The van der Waals surface area contributed by atoms with E-state index in [4.69, 9.17) is 0 Å². The van der Waals surface area contributed by atoms with Gasteiger partial charge in [0.15, 0.2) is 5.65 Å². The standard InChI is InChI=1S/C12H8N4/c1-2-5-10-9(4-1)12-14-13-8-16(12)11-6-3-7-15(10)11/h1-8H. The predicted octanol–water partition coefficient (Wildman–Crippen LogP) is 2.14. The van der Waals surface area contributed by atoms with Gasteiger partial charge in [0.2, 0.25) is 0 Å². The summed E-state index contributed by atoms with van der Waals surface area (Å²) in [6.07, 6.45) is 3.80. The zero-order valence-corrected chi connectivity index (χ0v) is 8.41. The van der Waals surface area contributed by atoms with Gasteiger partial charge in [-0.15, -0.1) is 10.2 Å². The van der Waals surface area contributed by atoms with Crippen LogP contribution < -0.4 is 0 Å². The third-order valence-corrected chi connectivity index (χ3v) is 2.93. The second kappa shape index (κ2) is 2.61. The maximum atomic E-state index is 4.18. The molecule has 0 amide bonds. The van der Waals surface area contributed by atoms with E-state index >= 15 is 0 Å². The SMILES string of the molecule is c1ccc2c(c1)c1nncn1c1cccn21. The summed E-state index contributed by atoms with van der Waals surface area (Å²) in [7, 11) is 0. The molecule has 0 saturated carbocycles. The van der Waals surface area contributed by atoms with E-state index in [2.05, 4.69) is 39.0 Å². The van der Waals surface area contributed by atoms with Crippen molar-refractivity contribution in [3.05, 3.63) is 48.9 Å². The number of para-hydroxylation sites is 1. The first-order chi connectivity index (χ1) is 7.95. The maximum Gasteiger partial charge on any atom is 0.171 e. The number of hydrogen-bond acceptors (Lipinski definition) is 2. The van der Waals surface area contributed by atoms with Gasteiger partial charge in [0.05, 0.1) is 5.52 Å². The molecule has 0 bridgehead atoms. The van der Waals surface area contributed by atoms with Gasteiger partial charge >= 0.3 is 0 Å². The van der Waals surface area contributed by atoms with Crippen molar-refractivity contribution < 1.29 is 0 Å². The first kappa shape index (κ1) is 7.87. The van der Waals surface area contributed by atoms with E-state index in [-0.39, 0.29) is 0 Å². The molecule has 0 radical (unpaired) electrons. The molecule has 4 aromatic rings. The van der Waals surface area contributed by atoms with Gasteiger partial charge in [-0.25, -0.2) is 0 Å². The average molecular weight is 208 g/mol. The molecule has 0 saturated heterocycles. The zero-order valence-electron chi connectivity index (χ0n) is 8.41. The van der Waals surface area contributed by atoms with E-state index in [1.165, 1.54) is 0 Å². The van der Waals surface area contributed by atoms with Crippen LogP contribution in [0.15, 0.2) is 48.9 Å². The first-order valence-electron chi connectivity index (χ1n) is 5.13. The van der Waals surface area contributed by atoms with Crippen LogP contribution in [0.3, 0.4) is 0 Å². The molecule has 0 spiro atoms. The van der Waals surface area contributed by atoms with Gasteiger partial charge in [-0.3, -0.25) is 4.40 Å². The Bertz CT molecular complexity index is 740. The quantitative estimate of drug-likeness (QED) is 0.443. The van der Waals surface area contributed by atoms with Gasteiger partial charge < -0.3 is 4.40 Å². The maximum absolute atomic E-state index is 4.18. The average Bonchev–Trinajstić information content (AvgIpc) is 2.98. The van der Waals surface area contributed by atoms with Crippen LogP contribution in [-0.4, -0.2) is 19.0 Å². The van der Waals surface area contributed by atoms with Gasteiger partial charge in [-0.05, 0) is 24.3 Å². The molecular weight excluding hydrogens is 200 g/mol. The molecule has 0 atom stereocenters. The zero-order chi connectivity index (χ0) is 10.5. The smallest absolute Gasteiger partial charge is 0.171 e. The van der Waals surface area contributed by atoms with E-state index < -0.39 is 0 Å². The number of rotatable bonds is 0. The van der Waals surface area contributed by atoms with Crippen molar-refractivity contribution in [3.8, 4) is 0 Å². The third-order valence-electron chi connectivity index (χ3n) is 2.93. The second-order valence-electron chi connectivity index (χ2n) is 3.78. The van der Waals surface area contributed by atoms with Crippen molar-refractivity contribution in [2.45, 2.75) is 0 Å². The molecule has 4 rings (SSSR count). The Labute approximate surface area is 90.8 Å². The van der Waals surface area contributed by atoms with E-state index in [1.54, 1.807) is 6.33 Å². The minimum atomic E-state index is 0.904. The Balaban J connectivity index is 2.51. The van der Waals surface area contributed by atoms with Crippen LogP contribution >= 0.6 is 0 Å². The number of benzene rings is 1. The topological polar surface area (TPSA) is 34.6 Å². The highest BCUT2D eigenvalue weighted by Gasteiger charge is 2.07. The van der Waals surface area contributed by atoms with Crippen molar-refractivity contribution in [2.75, 3.05) is 0 Å². The molecule has 16 heavy (non-hydrogen) atoms. The van der Waals surface area contributed by atoms with Crippen molar-refractivity contribution in [1.82, 2.24) is 19.0 Å². The van der Waals surface area contributed by atoms with Crippen molar-refractivity contribution in [1.29, 1.82) is 0 Å². The summed E-state index contributed by atoms with van der Waals surface area (Å²) in [4.78, 5) is 0. The number of nitrogens with zero attached hydrogens (tertiary/aromatic N) is 4. The molecule has 4 heteroatoms. The molecule has 0 aliphatic heterocycles. The minimum absolute atomic E-state index is 0.904. The fraction of sp³-hybridized carbons (Fsp3) is 0. The molecule has 0 fully saturated rings. The number of fused-ring (bicyclic) bond motifs is 6. The van der Waals surface area contributed by atoms with Crippen LogP contribution in [0.25, 0.3) is 22.2 Å². The van der Waals surface area contributed by atoms with Gasteiger partial charge in [0.1, 0.15) is 12.0 Å². The van der Waals surface area contributed by atoms with Crippen LogP contribution in [0, 0.1) is 0 Å². The molecule has 76 valence electrons. The van der Waals surface area contributed by atoms with E-state index in [0.29, 0.717) is 0 Å². The summed E-state index contributed by atoms with van der Waals surface area (Å²) in [5.41, 5.74) is 3.14. The van der Waals surface area contributed by atoms with Gasteiger partial charge in [0.25, 0.3) is 0 Å². The lowest BCUT2D eigenvalue weighted by atomic mass is 10.2. The highest BCUT2D eigenvalue weighted by molar-refractivity contribution is 5.93. The predicted molar refractivity (Wildman–Crippen MR) is 61.4 cm³/mol. The third kappa shape index (κ3) is 0.798. The van der Waals surface area contributed by atoms with Gasteiger partial charge in [0, 0.05) is 11.6 Å². The number of aromatic nitrogens is 4. The van der Waals surface area contributed by atoms with E-state index in [0.717, 1.165) is 22.2 Å². The Morgan fingerprint density at radius 2 is 1.88 bits per heavy atom. The van der Waals surface area contributed by atoms with Crippen LogP contribution in [0.4, 0.5) is 0 Å². The lowest BCUT2D eigenvalue weighted by Crippen LogP contribution is -1.94. The Kier molecular flexibility index (Phi) is 1.28. The molecule has 1 aromatic carbocycles. The normalized spacial score (nSPS) is 11.8. The molecule has 0 aliphatic carbocycles. The lowest BCUT2D eigenvalue weighted by molar-refractivity contribution is 1.10. The van der Waals surface area contributed by atoms with Crippen molar-refractivity contribution in [2.24, 2.45) is 0 Å². The Hall–Kier alpha value is -2.36. The summed E-state index contributed by atoms with van der Waals surface area (Å²) in [5.74, 6) is 0. The van der Waals surface area contributed by atoms with Crippen LogP contribution in [0.1, 0.15) is 0 Å².